The van der Waals surface area contributed by atoms with E-state index in [1.807, 2.05) is 39.8 Å². The second kappa shape index (κ2) is 21.7. The first-order valence-corrected chi connectivity index (χ1v) is 22.2. The average Bonchev–Trinajstić information content (AvgIpc) is 3.77. The van der Waals surface area contributed by atoms with Crippen LogP contribution < -0.4 is 0 Å². The third-order valence-electron chi connectivity index (χ3n) is 13.1. The molecular weight excluding hydrogens is 835 g/mol. The molecule has 1 aromatic rings. The number of hydrogen-bond donors (Lipinski definition) is 0. The number of allylic oxidation sites excluding steroid dienone is 1. The summed E-state index contributed by atoms with van der Waals surface area (Å²) in [5, 5.41) is 0. The van der Waals surface area contributed by atoms with Crippen molar-refractivity contribution in [2.45, 2.75) is 187 Å². The summed E-state index contributed by atoms with van der Waals surface area (Å²) in [7, 11) is 6.80. The van der Waals surface area contributed by atoms with Crippen LogP contribution in [0.3, 0.4) is 0 Å². The highest BCUT2D eigenvalue weighted by Gasteiger charge is 2.54. The van der Waals surface area contributed by atoms with Gasteiger partial charge in [-0.25, -0.2) is 14.3 Å². The Morgan fingerprint density at radius 2 is 1.52 bits per heavy atom. The number of nitrogens with zero attached hydrogens (tertiary/aromatic N) is 3. The third kappa shape index (κ3) is 12.2. The molecule has 0 aromatic carbocycles. The highest BCUT2D eigenvalue weighted by Crippen LogP contribution is 2.42. The highest BCUT2D eigenvalue weighted by molar-refractivity contribution is 5.96. The van der Waals surface area contributed by atoms with Gasteiger partial charge < -0.3 is 52.3 Å². The van der Waals surface area contributed by atoms with Crippen molar-refractivity contribution in [3.8, 4) is 0 Å². The average molecular weight is 908 g/mol. The van der Waals surface area contributed by atoms with Gasteiger partial charge in [-0.15, -0.1) is 0 Å². The van der Waals surface area contributed by atoms with E-state index >= 15 is 0 Å². The molecule has 1 aromatic heterocycles. The molecule has 0 N–H and O–H groups in total. The Hall–Kier alpha value is -3.78. The quantitative estimate of drug-likeness (QED) is 0.201. The van der Waals surface area contributed by atoms with Gasteiger partial charge in [-0.05, 0) is 93.5 Å². The molecule has 2 unspecified atom stereocenters. The molecule has 2 fully saturated rings. The largest absolute Gasteiger partial charge is 0.457 e. The number of rotatable bonds is 11. The van der Waals surface area contributed by atoms with Gasteiger partial charge >= 0.3 is 24.0 Å². The molecule has 16 atom stereocenters. The zero-order valence-electron chi connectivity index (χ0n) is 40.6. The number of methoxy groups -OCH3 is 2. The maximum atomic E-state index is 14.8. The van der Waals surface area contributed by atoms with E-state index in [2.05, 4.69) is 4.98 Å². The molecule has 0 amide bonds. The van der Waals surface area contributed by atoms with Crippen LogP contribution in [0, 0.1) is 17.8 Å². The van der Waals surface area contributed by atoms with Crippen LogP contribution in [0.15, 0.2) is 30.4 Å². The van der Waals surface area contributed by atoms with Gasteiger partial charge in [-0.2, -0.15) is 0 Å². The number of ether oxygens (including phenoxy) is 10. The van der Waals surface area contributed by atoms with E-state index < -0.39 is 108 Å². The van der Waals surface area contributed by atoms with Crippen molar-refractivity contribution in [3.05, 3.63) is 30.4 Å². The summed E-state index contributed by atoms with van der Waals surface area (Å²) < 4.78 is 64.5. The molecule has 4 heterocycles. The first kappa shape index (κ1) is 52.8. The molecule has 2 saturated heterocycles. The lowest BCUT2D eigenvalue weighted by Gasteiger charge is -2.50. The minimum Gasteiger partial charge on any atom is -0.457 e. The van der Waals surface area contributed by atoms with Crippen LogP contribution in [0.25, 0.3) is 0 Å². The van der Waals surface area contributed by atoms with Crippen LogP contribution in [0.4, 0.5) is 4.79 Å². The number of cyclic esters (lactones) is 1. The fourth-order valence-electron chi connectivity index (χ4n) is 9.64. The lowest BCUT2D eigenvalue weighted by molar-refractivity contribution is -0.320. The standard InChI is InChI=1S/C46H73N3O15/c1-17-34-44(10,64-43(54)49-19-18-47-24-49)21-25(2)36(52)26(3)22-45(11,55-15)39(63-42-38(59-31(8)50)33(48(13)14)20-27(4)57-42)28(5)37(29(6)41(53)61-34)62-35-23-46(12,56-16)40(30(7)58-35)60-32(9)51/h18-19,21,24,26-30,33-35,37-40,42H,17,20,22-23H2,1-16H3/t26-,27-,28+,29-,30+,33+,34-,35?,37+,38-,39-,40+,42+,44+,45-,46?/m1/s1. The number of imidazole rings is 1. The van der Waals surface area contributed by atoms with Crippen LogP contribution in [-0.4, -0.2) is 151 Å². The Kier molecular flexibility index (Phi) is 17.9. The van der Waals surface area contributed by atoms with Crippen molar-refractivity contribution < 1.29 is 71.3 Å². The minimum absolute atomic E-state index is 0.0849. The van der Waals surface area contributed by atoms with E-state index in [0.29, 0.717) is 6.42 Å². The van der Waals surface area contributed by atoms with Crippen LogP contribution in [-0.2, 0) is 66.5 Å². The number of Topliss-reactive ketones (excluding diaryl/α,β-unsaturated/α-hetero) is 1. The summed E-state index contributed by atoms with van der Waals surface area (Å²) in [5.74, 6) is -4.59. The fraction of sp³-hybridized carbons (Fsp3) is 0.783. The first-order chi connectivity index (χ1) is 29.8. The molecule has 64 heavy (non-hydrogen) atoms. The van der Waals surface area contributed by atoms with Crippen molar-refractivity contribution in [1.82, 2.24) is 14.5 Å². The summed E-state index contributed by atoms with van der Waals surface area (Å²) >= 11 is 0. The number of carbonyl (C=O) groups is 5. The number of esters is 3. The Labute approximate surface area is 378 Å². The molecule has 4 rings (SSSR count). The summed E-state index contributed by atoms with van der Waals surface area (Å²) in [6, 6.07) is -0.299. The third-order valence-corrected chi connectivity index (χ3v) is 13.1. The molecule has 362 valence electrons. The number of likely N-dealkylation sites (N-methyl/N-ethyl adjacent to an activating group) is 1. The van der Waals surface area contributed by atoms with Crippen molar-refractivity contribution in [2.24, 2.45) is 17.8 Å². The first-order valence-electron chi connectivity index (χ1n) is 22.2. The second-order valence-corrected chi connectivity index (χ2v) is 18.7. The van der Waals surface area contributed by atoms with Crippen LogP contribution >= 0.6 is 0 Å². The molecular formula is C46H73N3O15. The Morgan fingerprint density at radius 1 is 0.891 bits per heavy atom. The predicted octanol–water partition coefficient (Wildman–Crippen LogP) is 5.42. The van der Waals surface area contributed by atoms with Gasteiger partial charge in [-0.3, -0.25) is 19.2 Å². The van der Waals surface area contributed by atoms with E-state index in [9.17, 15) is 24.0 Å². The Bertz CT molecular complexity index is 1810. The van der Waals surface area contributed by atoms with Gasteiger partial charge in [0.1, 0.15) is 18.0 Å². The zero-order chi connectivity index (χ0) is 48.1. The molecule has 18 heteroatoms. The molecule has 0 bridgehead atoms. The van der Waals surface area contributed by atoms with Gasteiger partial charge in [-0.1, -0.05) is 20.8 Å². The number of carbonyl (C=O) groups excluding carboxylic acids is 5. The maximum Gasteiger partial charge on any atom is 0.420 e. The summed E-state index contributed by atoms with van der Waals surface area (Å²) in [5.41, 5.74) is -3.75. The highest BCUT2D eigenvalue weighted by atomic mass is 16.7. The van der Waals surface area contributed by atoms with E-state index in [-0.39, 0.29) is 42.8 Å². The molecule has 18 nitrogen and oxygen atoms in total. The van der Waals surface area contributed by atoms with E-state index in [4.69, 9.17) is 47.4 Å². The summed E-state index contributed by atoms with van der Waals surface area (Å²) in [4.78, 5) is 73.6. The van der Waals surface area contributed by atoms with Crippen LogP contribution in [0.5, 0.6) is 0 Å². The molecule has 0 saturated carbocycles. The normalized spacial score (nSPS) is 39.3. The minimum atomic E-state index is -1.63. The topological polar surface area (TPSA) is 199 Å². The number of hydrogen-bond acceptors (Lipinski definition) is 17. The van der Waals surface area contributed by atoms with Gasteiger partial charge in [0.25, 0.3) is 0 Å². The predicted molar refractivity (Wildman–Crippen MR) is 231 cm³/mol. The van der Waals surface area contributed by atoms with Crippen molar-refractivity contribution >= 4 is 29.8 Å². The Balaban J connectivity index is 1.93. The van der Waals surface area contributed by atoms with Gasteiger partial charge in [0.15, 0.2) is 36.2 Å². The smallest absolute Gasteiger partial charge is 0.420 e. The summed E-state index contributed by atoms with van der Waals surface area (Å²) in [6.07, 6.45) is -2.27. The van der Waals surface area contributed by atoms with E-state index in [1.165, 1.54) is 52.9 Å². The van der Waals surface area contributed by atoms with Crippen LogP contribution in [0.2, 0.25) is 0 Å². The Morgan fingerprint density at radius 3 is 2.06 bits per heavy atom. The lowest BCUT2D eigenvalue weighted by atomic mass is 9.76. The lowest BCUT2D eigenvalue weighted by Crippen LogP contribution is -2.61. The van der Waals surface area contributed by atoms with Crippen molar-refractivity contribution in [1.29, 1.82) is 0 Å². The van der Waals surface area contributed by atoms with Crippen LogP contribution in [0.1, 0.15) is 109 Å². The second-order valence-electron chi connectivity index (χ2n) is 18.7. The molecule has 3 aliphatic heterocycles. The van der Waals surface area contributed by atoms with Gasteiger partial charge in [0, 0.05) is 58.7 Å². The van der Waals surface area contributed by atoms with Crippen molar-refractivity contribution in [2.75, 3.05) is 28.3 Å². The number of ketones is 1. The SMILES string of the molecule is CC[C@H]1OC(=O)[C@H](C)[C@@H](OC2CC(C)(OC)[C@@H](OC(C)=O)[C@H](C)O2)[C@H](C)[C@@H](O[C@@H]2O[C@H](C)C[C@H](N(C)C)[C@H]2OC(C)=O)[C@](C)(OC)C[C@@H](C)C(=O)C(C)=C[C@]1(C)OC(=O)n1ccnc1. The maximum absolute atomic E-state index is 14.8. The molecule has 3 aliphatic rings. The fourth-order valence-corrected chi connectivity index (χ4v) is 9.64. The number of aromatic nitrogens is 2. The van der Waals surface area contributed by atoms with Crippen molar-refractivity contribution in [3.63, 3.8) is 0 Å². The zero-order valence-corrected chi connectivity index (χ0v) is 40.6. The van der Waals surface area contributed by atoms with E-state index in [0.717, 1.165) is 4.57 Å². The molecule has 0 spiro atoms. The van der Waals surface area contributed by atoms with Gasteiger partial charge in [0.2, 0.25) is 0 Å². The molecule has 0 aliphatic carbocycles. The van der Waals surface area contributed by atoms with Gasteiger partial charge in [0.05, 0.1) is 42.0 Å². The molecule has 0 radical (unpaired) electrons. The summed E-state index contributed by atoms with van der Waals surface area (Å²) in [6.45, 7) is 20.2. The van der Waals surface area contributed by atoms with E-state index in [1.54, 1.807) is 48.5 Å². The monoisotopic (exact) mass is 908 g/mol.